The van der Waals surface area contributed by atoms with Gasteiger partial charge in [0.05, 0.1) is 22.2 Å². The second kappa shape index (κ2) is 12.1. The number of nitro benzene ring substituents is 1. The molecule has 0 radical (unpaired) electrons. The molecule has 0 aliphatic rings. The predicted octanol–water partition coefficient (Wildman–Crippen LogP) is 6.41. The number of benzene rings is 3. The number of aryl methyl sites for hydroxylation is 1. The van der Waals surface area contributed by atoms with Gasteiger partial charge in [-0.3, -0.25) is 19.5 Å². The molecule has 0 aliphatic carbocycles. The Balaban J connectivity index is 1.52. The lowest BCUT2D eigenvalue weighted by Gasteiger charge is -2.13. The topological polar surface area (TPSA) is 103 Å². The highest BCUT2D eigenvalue weighted by atomic mass is 35.5. The van der Waals surface area contributed by atoms with Crippen molar-refractivity contribution in [3.8, 4) is 5.69 Å². The zero-order chi connectivity index (χ0) is 26.4. The molecule has 0 unspecified atom stereocenters. The number of nitrogens with one attached hydrogen (secondary N) is 1. The first-order valence-corrected chi connectivity index (χ1v) is 12.8. The Morgan fingerprint density at radius 2 is 1.86 bits per heavy atom. The summed E-state index contributed by atoms with van der Waals surface area (Å²) in [5.74, 6) is 0.818. The average molecular weight is 554 g/mol. The van der Waals surface area contributed by atoms with E-state index in [1.165, 1.54) is 41.1 Å². The van der Waals surface area contributed by atoms with Crippen molar-refractivity contribution in [1.29, 1.82) is 0 Å². The van der Waals surface area contributed by atoms with Gasteiger partial charge in [-0.05, 0) is 60.0 Å². The summed E-state index contributed by atoms with van der Waals surface area (Å²) < 4.78 is 1.81. The minimum atomic E-state index is -0.475. The number of nitro groups is 1. The molecule has 0 atom stereocenters. The summed E-state index contributed by atoms with van der Waals surface area (Å²) in [7, 11) is 0. The number of aromatic nitrogens is 3. The fraction of sp³-hybridized carbons (Fsp3) is 0.115. The minimum Gasteiger partial charge on any atom is -0.345 e. The molecule has 11 heteroatoms. The van der Waals surface area contributed by atoms with Crippen molar-refractivity contribution in [3.05, 3.63) is 115 Å². The van der Waals surface area contributed by atoms with Crippen molar-refractivity contribution >= 4 is 52.6 Å². The Bertz CT molecular complexity index is 1470. The number of carbonyl (C=O) groups excluding carboxylic acids is 1. The molecule has 3 aromatic carbocycles. The number of halogens is 2. The van der Waals surface area contributed by atoms with E-state index >= 15 is 0 Å². The van der Waals surface area contributed by atoms with Crippen LogP contribution in [0, 0.1) is 17.0 Å². The van der Waals surface area contributed by atoms with Crippen molar-refractivity contribution in [2.24, 2.45) is 0 Å². The quantitative estimate of drug-likeness (QED) is 0.111. The lowest BCUT2D eigenvalue weighted by atomic mass is 10.1. The van der Waals surface area contributed by atoms with Crippen LogP contribution in [0.1, 0.15) is 22.5 Å². The largest absolute Gasteiger partial charge is 0.345 e. The smallest absolute Gasteiger partial charge is 0.269 e. The summed E-state index contributed by atoms with van der Waals surface area (Å²) in [6, 6.07) is 19.2. The van der Waals surface area contributed by atoms with E-state index in [9.17, 15) is 14.9 Å². The summed E-state index contributed by atoms with van der Waals surface area (Å²) in [5.41, 5.74) is 3.65. The van der Waals surface area contributed by atoms with E-state index in [1.807, 2.05) is 16.7 Å². The average Bonchev–Trinajstić information content (AvgIpc) is 3.28. The first-order chi connectivity index (χ1) is 17.8. The fourth-order valence-corrected chi connectivity index (χ4v) is 4.96. The second-order valence-corrected chi connectivity index (χ2v) is 9.73. The third-order valence-corrected chi connectivity index (χ3v) is 6.94. The normalized spacial score (nSPS) is 11.1. The standard InChI is InChI=1S/C26H21Cl2N5O3S/c1-17-4-2-3-5-19(17)16-37-26-31-30-24(32(26)23-12-9-20(27)14-22(23)28)15-29-25(34)13-8-18-6-10-21(11-7-18)33(35)36/h2-14H,15-16H2,1H3,(H,29,34)/b13-8+. The van der Waals surface area contributed by atoms with Crippen LogP contribution >= 0.6 is 35.0 Å². The third-order valence-electron chi connectivity index (χ3n) is 5.42. The van der Waals surface area contributed by atoms with Gasteiger partial charge < -0.3 is 5.32 Å². The van der Waals surface area contributed by atoms with Crippen LogP contribution in [0.5, 0.6) is 0 Å². The van der Waals surface area contributed by atoms with Crippen molar-refractivity contribution < 1.29 is 9.72 Å². The van der Waals surface area contributed by atoms with E-state index < -0.39 is 4.92 Å². The molecule has 0 fully saturated rings. The van der Waals surface area contributed by atoms with E-state index in [4.69, 9.17) is 23.2 Å². The highest BCUT2D eigenvalue weighted by molar-refractivity contribution is 7.98. The molecule has 0 saturated heterocycles. The van der Waals surface area contributed by atoms with Crippen LogP contribution in [0.2, 0.25) is 10.0 Å². The molecular formula is C26H21Cl2N5O3S. The van der Waals surface area contributed by atoms with E-state index in [0.717, 1.165) is 0 Å². The Morgan fingerprint density at radius 1 is 1.11 bits per heavy atom. The van der Waals surface area contributed by atoms with E-state index in [0.29, 0.717) is 38.0 Å². The lowest BCUT2D eigenvalue weighted by Crippen LogP contribution is -2.22. The van der Waals surface area contributed by atoms with E-state index in [-0.39, 0.29) is 18.1 Å². The Hall–Kier alpha value is -3.66. The number of amides is 1. The first kappa shape index (κ1) is 26.4. The number of carbonyl (C=O) groups is 1. The Labute approximate surface area is 227 Å². The highest BCUT2D eigenvalue weighted by Crippen LogP contribution is 2.31. The number of rotatable bonds is 9. The molecular weight excluding hydrogens is 533 g/mol. The maximum atomic E-state index is 12.5. The molecule has 188 valence electrons. The third kappa shape index (κ3) is 6.76. The minimum absolute atomic E-state index is 0.0158. The number of hydrogen-bond donors (Lipinski definition) is 1. The van der Waals surface area contributed by atoms with Gasteiger partial charge in [0, 0.05) is 29.0 Å². The highest BCUT2D eigenvalue weighted by Gasteiger charge is 2.18. The number of hydrogen-bond acceptors (Lipinski definition) is 6. The second-order valence-electron chi connectivity index (χ2n) is 7.94. The van der Waals surface area contributed by atoms with E-state index in [1.54, 1.807) is 36.4 Å². The zero-order valence-electron chi connectivity index (χ0n) is 19.6. The maximum absolute atomic E-state index is 12.5. The molecule has 1 N–H and O–H groups in total. The molecule has 0 aliphatic heterocycles. The van der Waals surface area contributed by atoms with Gasteiger partial charge in [0.2, 0.25) is 5.91 Å². The summed E-state index contributed by atoms with van der Waals surface area (Å²) in [5, 5.41) is 23.8. The summed E-state index contributed by atoms with van der Waals surface area (Å²) >= 11 is 14.1. The molecule has 8 nitrogen and oxygen atoms in total. The van der Waals surface area contributed by atoms with Crippen molar-refractivity contribution in [2.75, 3.05) is 0 Å². The van der Waals surface area contributed by atoms with Crippen LogP contribution in [0.25, 0.3) is 11.8 Å². The molecule has 4 aromatic rings. The van der Waals surface area contributed by atoms with Gasteiger partial charge in [-0.25, -0.2) is 0 Å². The van der Waals surface area contributed by atoms with Crippen LogP contribution in [-0.2, 0) is 17.1 Å². The van der Waals surface area contributed by atoms with E-state index in [2.05, 4.69) is 34.6 Å². The van der Waals surface area contributed by atoms with Crippen LogP contribution in [0.4, 0.5) is 5.69 Å². The molecule has 1 aromatic heterocycles. The van der Waals surface area contributed by atoms with Crippen LogP contribution < -0.4 is 5.32 Å². The maximum Gasteiger partial charge on any atom is 0.269 e. The molecule has 37 heavy (non-hydrogen) atoms. The first-order valence-electron chi connectivity index (χ1n) is 11.1. The van der Waals surface area contributed by atoms with Crippen LogP contribution in [-0.4, -0.2) is 25.6 Å². The van der Waals surface area contributed by atoms with Gasteiger partial charge in [0.25, 0.3) is 5.69 Å². The van der Waals surface area contributed by atoms with Gasteiger partial charge in [0.15, 0.2) is 11.0 Å². The number of thioether (sulfide) groups is 1. The van der Waals surface area contributed by atoms with Crippen molar-refractivity contribution in [2.45, 2.75) is 24.4 Å². The fourth-order valence-electron chi connectivity index (χ4n) is 3.43. The van der Waals surface area contributed by atoms with Gasteiger partial charge in [-0.15, -0.1) is 10.2 Å². The Morgan fingerprint density at radius 3 is 2.57 bits per heavy atom. The molecule has 1 amide bonds. The van der Waals surface area contributed by atoms with Crippen molar-refractivity contribution in [3.63, 3.8) is 0 Å². The van der Waals surface area contributed by atoms with Crippen LogP contribution in [0.3, 0.4) is 0 Å². The Kier molecular flexibility index (Phi) is 8.60. The zero-order valence-corrected chi connectivity index (χ0v) is 21.9. The lowest BCUT2D eigenvalue weighted by molar-refractivity contribution is -0.384. The molecule has 0 saturated carbocycles. The van der Waals surface area contributed by atoms with Gasteiger partial charge in [-0.2, -0.15) is 0 Å². The number of non-ortho nitro benzene ring substituents is 1. The summed E-state index contributed by atoms with van der Waals surface area (Å²) in [6.07, 6.45) is 2.92. The molecule has 0 spiro atoms. The van der Waals surface area contributed by atoms with Gasteiger partial charge >= 0.3 is 0 Å². The van der Waals surface area contributed by atoms with Crippen molar-refractivity contribution in [1.82, 2.24) is 20.1 Å². The number of nitrogens with zero attached hydrogens (tertiary/aromatic N) is 4. The molecule has 4 rings (SSSR count). The molecule has 0 bridgehead atoms. The summed E-state index contributed by atoms with van der Waals surface area (Å²) in [4.78, 5) is 22.8. The van der Waals surface area contributed by atoms with Gasteiger partial charge in [0.1, 0.15) is 0 Å². The SMILES string of the molecule is Cc1ccccc1CSc1nnc(CNC(=O)/C=C/c2ccc([N+](=O)[O-])cc2)n1-c1ccc(Cl)cc1Cl. The van der Waals surface area contributed by atoms with Gasteiger partial charge in [-0.1, -0.05) is 59.2 Å². The monoisotopic (exact) mass is 553 g/mol. The van der Waals surface area contributed by atoms with Crippen LogP contribution in [0.15, 0.2) is 78.0 Å². The predicted molar refractivity (Wildman–Crippen MR) is 146 cm³/mol. The molecule has 1 heterocycles. The summed E-state index contributed by atoms with van der Waals surface area (Å²) in [6.45, 7) is 2.15.